The van der Waals surface area contributed by atoms with Gasteiger partial charge in [-0.25, -0.2) is 14.7 Å². The molecule has 0 amide bonds. The molecule has 3 atom stereocenters. The van der Waals surface area contributed by atoms with Gasteiger partial charge in [-0.05, 0) is 5.92 Å². The van der Waals surface area contributed by atoms with E-state index < -0.39 is 6.23 Å². The molecule has 0 aromatic carbocycles. The van der Waals surface area contributed by atoms with E-state index >= 15 is 0 Å². The summed E-state index contributed by atoms with van der Waals surface area (Å²) in [7, 11) is 3.21. The van der Waals surface area contributed by atoms with Gasteiger partial charge >= 0.3 is 0 Å². The number of nitrogens with zero attached hydrogens (tertiary/aromatic N) is 4. The Hall–Kier alpha value is -2.94. The van der Waals surface area contributed by atoms with Crippen molar-refractivity contribution in [3.8, 4) is 11.8 Å². The summed E-state index contributed by atoms with van der Waals surface area (Å²) in [5.41, 5.74) is 10.9. The Kier molecular flexibility index (Phi) is 5.70. The number of aromatic nitrogens is 4. The molecule has 3 unspecified atom stereocenters. The van der Waals surface area contributed by atoms with Crippen molar-refractivity contribution in [2.75, 3.05) is 27.4 Å². The third-order valence-corrected chi connectivity index (χ3v) is 4.13. The highest BCUT2D eigenvalue weighted by molar-refractivity contribution is 5.80. The van der Waals surface area contributed by atoms with Gasteiger partial charge in [0.2, 0.25) is 0 Å². The Balaban J connectivity index is 1.98. The van der Waals surface area contributed by atoms with Crippen LogP contribution in [0.15, 0.2) is 16.1 Å². The number of fused-ring (bicyclic) bond motifs is 1. The van der Waals surface area contributed by atoms with E-state index in [2.05, 4.69) is 31.9 Å². The molecule has 0 bridgehead atoms. The first-order chi connectivity index (χ1) is 13.0. The molecule has 0 saturated carbocycles. The van der Waals surface area contributed by atoms with Gasteiger partial charge in [0.1, 0.15) is 18.0 Å². The second-order valence-corrected chi connectivity index (χ2v) is 5.86. The van der Waals surface area contributed by atoms with Crippen molar-refractivity contribution < 1.29 is 14.2 Å². The molecule has 1 fully saturated rings. The van der Waals surface area contributed by atoms with E-state index in [1.165, 1.54) is 6.33 Å². The monoisotopic (exact) mass is 375 g/mol. The first kappa shape index (κ1) is 18.8. The Morgan fingerprint density at radius 3 is 3.04 bits per heavy atom. The van der Waals surface area contributed by atoms with E-state index in [-0.39, 0.29) is 41.4 Å². The lowest BCUT2D eigenvalue weighted by atomic mass is 10.2. The van der Waals surface area contributed by atoms with Crippen molar-refractivity contribution in [1.82, 2.24) is 19.7 Å². The molecule has 11 nitrogen and oxygen atoms in total. The van der Waals surface area contributed by atoms with Crippen LogP contribution in [0.25, 0.3) is 11.0 Å². The zero-order chi connectivity index (χ0) is 19.4. The number of hydrogen-bond donors (Lipinski definition) is 3. The van der Waals surface area contributed by atoms with Gasteiger partial charge < -0.3 is 30.7 Å². The molecule has 144 valence electrons. The first-order valence-corrected chi connectivity index (χ1v) is 8.22. The van der Waals surface area contributed by atoms with E-state index in [1.807, 2.05) is 0 Å². The van der Waals surface area contributed by atoms with Crippen LogP contribution in [-0.2, 0) is 14.2 Å². The largest absolute Gasteiger partial charge is 0.382 e. The molecule has 1 saturated heterocycles. The summed E-state index contributed by atoms with van der Waals surface area (Å²) in [6.07, 6.45) is 0.987. The number of aromatic amines is 1. The van der Waals surface area contributed by atoms with Gasteiger partial charge in [0.05, 0.1) is 19.0 Å². The van der Waals surface area contributed by atoms with Gasteiger partial charge in [-0.3, -0.25) is 4.79 Å². The third kappa shape index (κ3) is 3.92. The van der Waals surface area contributed by atoms with Gasteiger partial charge in [0.25, 0.3) is 5.56 Å². The Morgan fingerprint density at radius 1 is 1.52 bits per heavy atom. The Bertz CT molecular complexity index is 951. The number of ether oxygens (including phenoxy) is 3. The number of H-pyrrole nitrogens is 1. The summed E-state index contributed by atoms with van der Waals surface area (Å²) in [6, 6.07) is 0. The van der Waals surface area contributed by atoms with Crippen LogP contribution in [0.1, 0.15) is 18.3 Å². The minimum Gasteiger partial charge on any atom is -0.382 e. The van der Waals surface area contributed by atoms with Crippen LogP contribution >= 0.6 is 0 Å². The lowest BCUT2D eigenvalue weighted by Gasteiger charge is -2.15. The highest BCUT2D eigenvalue weighted by Gasteiger charge is 2.38. The summed E-state index contributed by atoms with van der Waals surface area (Å²) in [5, 5.41) is 4.72. The van der Waals surface area contributed by atoms with E-state index in [0.29, 0.717) is 18.7 Å². The number of aliphatic imine (C=N–C) groups is 1. The Morgan fingerprint density at radius 2 is 2.33 bits per heavy atom. The quantitative estimate of drug-likeness (QED) is 0.330. The molecule has 1 aliphatic rings. The predicted molar refractivity (Wildman–Crippen MR) is 96.9 cm³/mol. The lowest BCUT2D eigenvalue weighted by Crippen LogP contribution is -2.27. The minimum atomic E-state index is -0.458. The molecule has 0 spiro atoms. The van der Waals surface area contributed by atoms with E-state index in [1.54, 1.807) is 18.9 Å². The van der Waals surface area contributed by atoms with Crippen LogP contribution in [0.3, 0.4) is 0 Å². The van der Waals surface area contributed by atoms with Gasteiger partial charge in [-0.15, -0.1) is 0 Å². The number of nitrogens with one attached hydrogen (secondary N) is 1. The van der Waals surface area contributed by atoms with Gasteiger partial charge in [-0.1, -0.05) is 5.92 Å². The smallest absolute Gasteiger partial charge is 0.263 e. The van der Waals surface area contributed by atoms with Crippen LogP contribution < -0.4 is 17.0 Å². The first-order valence-electron chi connectivity index (χ1n) is 8.22. The molecular weight excluding hydrogens is 354 g/mol. The predicted octanol–water partition coefficient (Wildman–Crippen LogP) is -1.31. The average molecular weight is 375 g/mol. The highest BCUT2D eigenvalue weighted by Crippen LogP contribution is 2.32. The van der Waals surface area contributed by atoms with Crippen molar-refractivity contribution in [1.29, 1.82) is 0 Å². The molecule has 0 aliphatic carbocycles. The molecule has 0 radical (unpaired) electrons. The number of rotatable bonds is 5. The van der Waals surface area contributed by atoms with Crippen molar-refractivity contribution >= 4 is 17.0 Å². The summed E-state index contributed by atoms with van der Waals surface area (Å²) in [6.45, 7) is 0.476. The molecule has 11 heteroatoms. The van der Waals surface area contributed by atoms with Gasteiger partial charge in [0.15, 0.2) is 23.5 Å². The van der Waals surface area contributed by atoms with E-state index in [4.69, 9.17) is 25.7 Å². The van der Waals surface area contributed by atoms with Crippen molar-refractivity contribution in [3.63, 3.8) is 0 Å². The van der Waals surface area contributed by atoms with Crippen molar-refractivity contribution in [2.24, 2.45) is 16.5 Å². The van der Waals surface area contributed by atoms with Crippen molar-refractivity contribution in [3.05, 3.63) is 22.4 Å². The topological polar surface area (TPSA) is 156 Å². The summed E-state index contributed by atoms with van der Waals surface area (Å²) in [4.78, 5) is 22.8. The maximum atomic E-state index is 12.3. The fourth-order valence-electron chi connectivity index (χ4n) is 2.94. The van der Waals surface area contributed by atoms with E-state index in [9.17, 15) is 4.79 Å². The molecule has 3 heterocycles. The van der Waals surface area contributed by atoms with Gasteiger partial charge in [-0.2, -0.15) is 5.10 Å². The number of hydrogen-bond acceptors (Lipinski definition) is 7. The minimum absolute atomic E-state index is 0.0617. The van der Waals surface area contributed by atoms with Crippen LogP contribution in [-0.4, -0.2) is 65.3 Å². The number of guanidine groups is 1. The molecule has 3 rings (SSSR count). The zero-order valence-corrected chi connectivity index (χ0v) is 15.0. The summed E-state index contributed by atoms with van der Waals surface area (Å²) < 4.78 is 18.2. The van der Waals surface area contributed by atoms with Crippen LogP contribution in [0, 0.1) is 11.8 Å². The standard InChI is InChI=1S/C16H21N7O4/c1-25-7-11-10(26-2)6-12(27-11)23-14-13(15(24)21-8-20-14)9(22-23)4-3-5-19-16(17)18/h8,10-12H,5-7H2,1-2H3,(H4,17,18,19)(H,20,21,24). The Labute approximate surface area is 154 Å². The number of methoxy groups -OCH3 is 2. The zero-order valence-electron chi connectivity index (χ0n) is 15.0. The number of nitrogens with two attached hydrogens (primary N) is 2. The maximum absolute atomic E-state index is 12.3. The molecule has 2 aromatic heterocycles. The summed E-state index contributed by atoms with van der Waals surface area (Å²) >= 11 is 0. The lowest BCUT2D eigenvalue weighted by molar-refractivity contribution is -0.0627. The maximum Gasteiger partial charge on any atom is 0.263 e. The average Bonchev–Trinajstić information content (AvgIpc) is 3.21. The molecule has 5 N–H and O–H groups in total. The fourth-order valence-corrected chi connectivity index (χ4v) is 2.94. The fraction of sp³-hybridized carbons (Fsp3) is 0.500. The molecule has 2 aromatic rings. The SMILES string of the molecule is COCC1OC(n2nc(C#CCN=C(N)N)c3c(=O)[nH]cnc32)CC1OC. The highest BCUT2D eigenvalue weighted by atomic mass is 16.6. The van der Waals surface area contributed by atoms with Gasteiger partial charge in [0, 0.05) is 20.6 Å². The molecular formula is C16H21N7O4. The van der Waals surface area contributed by atoms with Crippen molar-refractivity contribution in [2.45, 2.75) is 24.9 Å². The molecule has 1 aliphatic heterocycles. The molecule has 27 heavy (non-hydrogen) atoms. The second-order valence-electron chi connectivity index (χ2n) is 5.86. The summed E-state index contributed by atoms with van der Waals surface area (Å²) in [5.74, 6) is 5.52. The van der Waals surface area contributed by atoms with Crippen LogP contribution in [0.2, 0.25) is 0 Å². The second kappa shape index (κ2) is 8.17. The van der Waals surface area contributed by atoms with E-state index in [0.717, 1.165) is 0 Å². The van der Waals surface area contributed by atoms with Crippen LogP contribution in [0.5, 0.6) is 0 Å². The normalized spacial score (nSPS) is 21.8. The van der Waals surface area contributed by atoms with Crippen LogP contribution in [0.4, 0.5) is 0 Å². The third-order valence-electron chi connectivity index (χ3n) is 4.13.